The molecule has 0 fully saturated rings. The summed E-state index contributed by atoms with van der Waals surface area (Å²) in [6, 6.07) is 6.79. The minimum atomic E-state index is -0.369. The average molecular weight is 260 g/mol. The van der Waals surface area contributed by atoms with E-state index in [1.54, 1.807) is 19.1 Å². The number of carbonyl (C=O) groups is 1. The first-order valence-corrected chi connectivity index (χ1v) is 6.35. The van der Waals surface area contributed by atoms with Crippen molar-refractivity contribution in [1.82, 2.24) is 0 Å². The van der Waals surface area contributed by atoms with Crippen molar-refractivity contribution in [1.29, 1.82) is 0 Å². The Hall–Kier alpha value is -2.10. The molecule has 0 aliphatic rings. The molecule has 0 saturated heterocycles. The summed E-state index contributed by atoms with van der Waals surface area (Å²) in [5.74, 6) is 0.564. The molecule has 0 unspecified atom stereocenters. The SMILES string of the molecule is CCC(=O)COc1ccc2c(CC)cc(=O)oc2c1. The van der Waals surface area contributed by atoms with Gasteiger partial charge in [0.1, 0.15) is 17.9 Å². The summed E-state index contributed by atoms with van der Waals surface area (Å²) in [6.07, 6.45) is 1.21. The first kappa shape index (κ1) is 13.3. The fraction of sp³-hybridized carbons (Fsp3) is 0.333. The van der Waals surface area contributed by atoms with Gasteiger partial charge in [-0.15, -0.1) is 0 Å². The summed E-state index contributed by atoms with van der Waals surface area (Å²) in [6.45, 7) is 3.82. The molecule has 1 aromatic heterocycles. The van der Waals surface area contributed by atoms with Crippen molar-refractivity contribution in [3.05, 3.63) is 40.2 Å². The Balaban J connectivity index is 2.35. The van der Waals surface area contributed by atoms with Crippen molar-refractivity contribution in [3.63, 3.8) is 0 Å². The van der Waals surface area contributed by atoms with Gasteiger partial charge in [-0.05, 0) is 24.1 Å². The summed E-state index contributed by atoms with van der Waals surface area (Å²) in [4.78, 5) is 22.6. The molecule has 1 aromatic carbocycles. The van der Waals surface area contributed by atoms with Crippen LogP contribution in [0.3, 0.4) is 0 Å². The highest BCUT2D eigenvalue weighted by atomic mass is 16.5. The lowest BCUT2D eigenvalue weighted by atomic mass is 10.1. The molecule has 0 N–H and O–H groups in total. The highest BCUT2D eigenvalue weighted by molar-refractivity contribution is 5.82. The number of ketones is 1. The van der Waals surface area contributed by atoms with Gasteiger partial charge >= 0.3 is 5.63 Å². The summed E-state index contributed by atoms with van der Waals surface area (Å²) >= 11 is 0. The van der Waals surface area contributed by atoms with Crippen LogP contribution in [-0.2, 0) is 11.2 Å². The van der Waals surface area contributed by atoms with Gasteiger partial charge in [0.2, 0.25) is 0 Å². The lowest BCUT2D eigenvalue weighted by molar-refractivity contribution is -0.120. The van der Waals surface area contributed by atoms with Crippen LogP contribution >= 0.6 is 0 Å². The zero-order chi connectivity index (χ0) is 13.8. The predicted octanol–water partition coefficient (Wildman–Crippen LogP) is 2.71. The zero-order valence-electron chi connectivity index (χ0n) is 11.1. The van der Waals surface area contributed by atoms with Gasteiger partial charge in [-0.1, -0.05) is 13.8 Å². The Morgan fingerprint density at radius 1 is 1.26 bits per heavy atom. The number of carbonyl (C=O) groups excluding carboxylic acids is 1. The molecule has 100 valence electrons. The topological polar surface area (TPSA) is 56.5 Å². The normalized spacial score (nSPS) is 10.6. The maximum atomic E-state index is 11.4. The number of Topliss-reactive ketones (excluding diaryl/α,β-unsaturated/α-hetero) is 1. The summed E-state index contributed by atoms with van der Waals surface area (Å²) < 4.78 is 10.5. The number of rotatable bonds is 5. The van der Waals surface area contributed by atoms with Crippen molar-refractivity contribution >= 4 is 16.8 Å². The largest absolute Gasteiger partial charge is 0.486 e. The molecule has 0 aliphatic carbocycles. The first-order valence-electron chi connectivity index (χ1n) is 6.35. The lowest BCUT2D eigenvalue weighted by Crippen LogP contribution is -2.09. The maximum Gasteiger partial charge on any atom is 0.336 e. The molecule has 4 heteroatoms. The van der Waals surface area contributed by atoms with E-state index in [4.69, 9.17) is 9.15 Å². The Morgan fingerprint density at radius 2 is 2.05 bits per heavy atom. The second-order valence-electron chi connectivity index (χ2n) is 4.28. The molecule has 2 aromatic rings. The molecule has 1 heterocycles. The van der Waals surface area contributed by atoms with Gasteiger partial charge in [0.05, 0.1) is 0 Å². The van der Waals surface area contributed by atoms with E-state index in [1.165, 1.54) is 6.07 Å². The monoisotopic (exact) mass is 260 g/mol. The molecular weight excluding hydrogens is 244 g/mol. The molecule has 0 aliphatic heterocycles. The Kier molecular flexibility index (Phi) is 4.00. The van der Waals surface area contributed by atoms with Gasteiger partial charge in [-0.3, -0.25) is 4.79 Å². The minimum absolute atomic E-state index is 0.0314. The molecule has 0 amide bonds. The van der Waals surface area contributed by atoms with E-state index in [-0.39, 0.29) is 18.0 Å². The van der Waals surface area contributed by atoms with Gasteiger partial charge in [-0.25, -0.2) is 4.79 Å². The van der Waals surface area contributed by atoms with Crippen LogP contribution in [0.15, 0.2) is 33.5 Å². The van der Waals surface area contributed by atoms with Crippen molar-refractivity contribution in [2.24, 2.45) is 0 Å². The fourth-order valence-electron chi connectivity index (χ4n) is 1.86. The molecule has 0 bridgehead atoms. The number of fused-ring (bicyclic) bond motifs is 1. The van der Waals surface area contributed by atoms with Crippen LogP contribution in [0.4, 0.5) is 0 Å². The smallest absolute Gasteiger partial charge is 0.336 e. The Labute approximate surface area is 111 Å². The molecular formula is C15H16O4. The van der Waals surface area contributed by atoms with Gasteiger partial charge in [0.25, 0.3) is 0 Å². The van der Waals surface area contributed by atoms with Crippen LogP contribution < -0.4 is 10.4 Å². The zero-order valence-corrected chi connectivity index (χ0v) is 11.1. The number of hydrogen-bond acceptors (Lipinski definition) is 4. The van der Waals surface area contributed by atoms with Crippen LogP contribution in [0.5, 0.6) is 5.75 Å². The quantitative estimate of drug-likeness (QED) is 0.776. The number of ether oxygens (including phenoxy) is 1. The van der Waals surface area contributed by atoms with E-state index < -0.39 is 0 Å². The molecule has 0 atom stereocenters. The maximum absolute atomic E-state index is 11.4. The van der Waals surface area contributed by atoms with E-state index in [0.717, 1.165) is 17.4 Å². The fourth-order valence-corrected chi connectivity index (χ4v) is 1.86. The Bertz CT molecular complexity index is 655. The predicted molar refractivity (Wildman–Crippen MR) is 72.7 cm³/mol. The highest BCUT2D eigenvalue weighted by Crippen LogP contribution is 2.23. The molecule has 2 rings (SSSR count). The third kappa shape index (κ3) is 3.02. The molecule has 0 saturated carbocycles. The summed E-state index contributed by atoms with van der Waals surface area (Å²) in [5.41, 5.74) is 1.07. The van der Waals surface area contributed by atoms with Crippen LogP contribution in [0.25, 0.3) is 11.0 Å². The van der Waals surface area contributed by atoms with Crippen molar-refractivity contribution in [3.8, 4) is 5.75 Å². The summed E-state index contributed by atoms with van der Waals surface area (Å²) in [7, 11) is 0. The third-order valence-corrected chi connectivity index (χ3v) is 2.98. The number of benzene rings is 1. The van der Waals surface area contributed by atoms with Crippen LogP contribution in [0, 0.1) is 0 Å². The van der Waals surface area contributed by atoms with E-state index >= 15 is 0 Å². The van der Waals surface area contributed by atoms with E-state index in [2.05, 4.69) is 0 Å². The van der Waals surface area contributed by atoms with E-state index in [1.807, 2.05) is 13.0 Å². The van der Waals surface area contributed by atoms with Crippen LogP contribution in [0.1, 0.15) is 25.8 Å². The number of hydrogen-bond donors (Lipinski definition) is 0. The minimum Gasteiger partial charge on any atom is -0.486 e. The molecule has 19 heavy (non-hydrogen) atoms. The van der Waals surface area contributed by atoms with Crippen molar-refractivity contribution < 1.29 is 13.9 Å². The summed E-state index contributed by atoms with van der Waals surface area (Å²) in [5, 5.41) is 0.899. The van der Waals surface area contributed by atoms with Crippen LogP contribution in [0.2, 0.25) is 0 Å². The van der Waals surface area contributed by atoms with Gasteiger partial charge < -0.3 is 9.15 Å². The van der Waals surface area contributed by atoms with Crippen LogP contribution in [-0.4, -0.2) is 12.4 Å². The highest BCUT2D eigenvalue weighted by Gasteiger charge is 2.06. The molecule has 4 nitrogen and oxygen atoms in total. The Morgan fingerprint density at radius 3 is 2.74 bits per heavy atom. The first-order chi connectivity index (χ1) is 9.13. The second-order valence-corrected chi connectivity index (χ2v) is 4.28. The lowest BCUT2D eigenvalue weighted by Gasteiger charge is -2.07. The van der Waals surface area contributed by atoms with Gasteiger partial charge in [-0.2, -0.15) is 0 Å². The molecule has 0 radical (unpaired) electrons. The standard InChI is InChI=1S/C15H16O4/c1-3-10-7-15(17)19-14-8-12(5-6-13(10)14)18-9-11(16)4-2/h5-8H,3-4,9H2,1-2H3. The van der Waals surface area contributed by atoms with E-state index in [0.29, 0.717) is 17.8 Å². The van der Waals surface area contributed by atoms with E-state index in [9.17, 15) is 9.59 Å². The van der Waals surface area contributed by atoms with Crippen molar-refractivity contribution in [2.75, 3.05) is 6.61 Å². The van der Waals surface area contributed by atoms with Crippen molar-refractivity contribution in [2.45, 2.75) is 26.7 Å². The van der Waals surface area contributed by atoms with Gasteiger partial charge in [0.15, 0.2) is 5.78 Å². The molecule has 0 spiro atoms. The second kappa shape index (κ2) is 5.69. The third-order valence-electron chi connectivity index (χ3n) is 2.98. The number of aryl methyl sites for hydroxylation is 1. The average Bonchev–Trinajstić information content (AvgIpc) is 2.43. The van der Waals surface area contributed by atoms with Gasteiger partial charge in [0, 0.05) is 23.9 Å².